The number of nitrogens with one attached hydrogen (secondary N) is 1. The van der Waals surface area contributed by atoms with Crippen molar-refractivity contribution in [3.05, 3.63) is 28.5 Å². The summed E-state index contributed by atoms with van der Waals surface area (Å²) in [5, 5.41) is 0.104. The van der Waals surface area contributed by atoms with Crippen molar-refractivity contribution in [2.24, 2.45) is 0 Å². The lowest BCUT2D eigenvalue weighted by Crippen LogP contribution is -2.29. The number of carbonyl (C=O) groups is 1. The normalized spacial score (nSPS) is 11.4. The summed E-state index contributed by atoms with van der Waals surface area (Å²) in [6.45, 7) is 0.369. The molecule has 0 saturated heterocycles. The maximum absolute atomic E-state index is 11.8. The predicted octanol–water partition coefficient (Wildman–Crippen LogP) is 2.91. The molecule has 1 N–H and O–H groups in total. The summed E-state index contributed by atoms with van der Waals surface area (Å²) in [6.07, 6.45) is -3.08. The third-order valence-electron chi connectivity index (χ3n) is 2.02. The number of aromatic nitrogens is 1. The maximum atomic E-state index is 11.8. The molecule has 4 nitrogen and oxygen atoms in total. The SMILES string of the molecule is CCCc1cc(C(=O)NOCC(F)(F)F)cc(Cl)n1. The van der Waals surface area contributed by atoms with E-state index in [1.807, 2.05) is 6.92 Å². The Hall–Kier alpha value is -1.34. The maximum Gasteiger partial charge on any atom is 0.414 e. The van der Waals surface area contributed by atoms with E-state index in [1.165, 1.54) is 12.1 Å². The van der Waals surface area contributed by atoms with Crippen LogP contribution in [0.3, 0.4) is 0 Å². The van der Waals surface area contributed by atoms with Crippen molar-refractivity contribution < 1.29 is 22.8 Å². The van der Waals surface area contributed by atoms with Gasteiger partial charge in [-0.1, -0.05) is 24.9 Å². The molecule has 8 heteroatoms. The second-order valence-corrected chi connectivity index (χ2v) is 4.14. The number of alkyl halides is 3. The van der Waals surface area contributed by atoms with Crippen LogP contribution in [-0.4, -0.2) is 23.7 Å². The van der Waals surface area contributed by atoms with E-state index in [2.05, 4.69) is 9.82 Å². The molecule has 0 aliphatic heterocycles. The Labute approximate surface area is 112 Å². The highest BCUT2D eigenvalue weighted by molar-refractivity contribution is 6.29. The van der Waals surface area contributed by atoms with Gasteiger partial charge in [0, 0.05) is 11.3 Å². The summed E-state index contributed by atoms with van der Waals surface area (Å²) in [6, 6.07) is 2.72. The third-order valence-corrected chi connectivity index (χ3v) is 2.21. The fraction of sp³-hybridized carbons (Fsp3) is 0.455. The molecule has 19 heavy (non-hydrogen) atoms. The Bertz CT molecular complexity index is 452. The van der Waals surface area contributed by atoms with E-state index >= 15 is 0 Å². The molecule has 1 amide bonds. The Kier molecular flexibility index (Phi) is 5.56. The number of hydrogen-bond acceptors (Lipinski definition) is 3. The summed E-state index contributed by atoms with van der Waals surface area (Å²) in [5.74, 6) is -0.800. The van der Waals surface area contributed by atoms with Gasteiger partial charge >= 0.3 is 6.18 Å². The lowest BCUT2D eigenvalue weighted by Gasteiger charge is -2.09. The number of halogens is 4. The molecule has 0 bridgehead atoms. The van der Waals surface area contributed by atoms with Gasteiger partial charge in [0.15, 0.2) is 6.61 Å². The van der Waals surface area contributed by atoms with Crippen LogP contribution in [0.25, 0.3) is 0 Å². The Morgan fingerprint density at radius 1 is 1.47 bits per heavy atom. The average molecular weight is 297 g/mol. The summed E-state index contributed by atoms with van der Waals surface area (Å²) in [7, 11) is 0. The number of nitrogens with zero attached hydrogens (tertiary/aromatic N) is 1. The number of aryl methyl sites for hydroxylation is 1. The van der Waals surface area contributed by atoms with E-state index < -0.39 is 18.7 Å². The van der Waals surface area contributed by atoms with Crippen LogP contribution in [0.2, 0.25) is 5.15 Å². The zero-order valence-corrected chi connectivity index (χ0v) is 10.8. The fourth-order valence-electron chi connectivity index (χ4n) is 1.31. The van der Waals surface area contributed by atoms with Crippen LogP contribution in [0, 0.1) is 0 Å². The highest BCUT2D eigenvalue weighted by Crippen LogP contribution is 2.15. The minimum absolute atomic E-state index is 0.102. The van der Waals surface area contributed by atoms with Crippen molar-refractivity contribution in [1.29, 1.82) is 0 Å². The average Bonchev–Trinajstić information content (AvgIpc) is 2.26. The molecule has 0 radical (unpaired) electrons. The van der Waals surface area contributed by atoms with Gasteiger partial charge < -0.3 is 0 Å². The van der Waals surface area contributed by atoms with Crippen LogP contribution in [-0.2, 0) is 11.3 Å². The van der Waals surface area contributed by atoms with Gasteiger partial charge in [0.25, 0.3) is 5.91 Å². The minimum atomic E-state index is -4.50. The van der Waals surface area contributed by atoms with Crippen molar-refractivity contribution in [2.75, 3.05) is 6.61 Å². The number of carbonyl (C=O) groups excluding carboxylic acids is 1. The predicted molar refractivity (Wildman–Crippen MR) is 62.7 cm³/mol. The Morgan fingerprint density at radius 2 is 2.16 bits per heavy atom. The molecular formula is C11H12ClF3N2O2. The first-order chi connectivity index (χ1) is 8.81. The quantitative estimate of drug-likeness (QED) is 0.671. The second-order valence-electron chi connectivity index (χ2n) is 3.75. The van der Waals surface area contributed by atoms with Gasteiger partial charge in [0.05, 0.1) is 0 Å². The van der Waals surface area contributed by atoms with Crippen molar-refractivity contribution in [1.82, 2.24) is 10.5 Å². The first-order valence-corrected chi connectivity index (χ1v) is 5.85. The minimum Gasteiger partial charge on any atom is -0.267 e. The van der Waals surface area contributed by atoms with Crippen molar-refractivity contribution in [3.63, 3.8) is 0 Å². The van der Waals surface area contributed by atoms with Gasteiger partial charge in [-0.25, -0.2) is 10.5 Å². The van der Waals surface area contributed by atoms with Gasteiger partial charge in [-0.05, 0) is 18.6 Å². The van der Waals surface area contributed by atoms with Gasteiger partial charge in [0.2, 0.25) is 0 Å². The molecule has 0 aliphatic carbocycles. The first kappa shape index (κ1) is 15.7. The van der Waals surface area contributed by atoms with Gasteiger partial charge in [-0.3, -0.25) is 9.63 Å². The Balaban J connectivity index is 2.66. The van der Waals surface area contributed by atoms with Crippen molar-refractivity contribution in [3.8, 4) is 0 Å². The van der Waals surface area contributed by atoms with E-state index in [0.717, 1.165) is 6.42 Å². The van der Waals surface area contributed by atoms with Crippen LogP contribution in [0.5, 0.6) is 0 Å². The third kappa shape index (κ3) is 5.89. The molecule has 0 saturated carbocycles. The number of hydrogen-bond donors (Lipinski definition) is 1. The molecule has 0 aliphatic rings. The monoisotopic (exact) mass is 296 g/mol. The first-order valence-electron chi connectivity index (χ1n) is 5.47. The summed E-state index contributed by atoms with van der Waals surface area (Å²) in [4.78, 5) is 19.6. The zero-order valence-electron chi connectivity index (χ0n) is 10.1. The van der Waals surface area contributed by atoms with Crippen molar-refractivity contribution >= 4 is 17.5 Å². The number of amides is 1. The Morgan fingerprint density at radius 3 is 2.74 bits per heavy atom. The van der Waals surface area contributed by atoms with Crippen LogP contribution in [0.15, 0.2) is 12.1 Å². The number of rotatable bonds is 5. The lowest BCUT2D eigenvalue weighted by molar-refractivity contribution is -0.184. The van der Waals surface area contributed by atoms with Crippen LogP contribution < -0.4 is 5.48 Å². The molecular weight excluding hydrogens is 285 g/mol. The highest BCUT2D eigenvalue weighted by Gasteiger charge is 2.28. The molecule has 1 aromatic heterocycles. The largest absolute Gasteiger partial charge is 0.414 e. The molecule has 0 spiro atoms. The van der Waals surface area contributed by atoms with Crippen LogP contribution in [0.1, 0.15) is 29.4 Å². The topological polar surface area (TPSA) is 51.2 Å². The molecule has 1 aromatic rings. The molecule has 0 aromatic carbocycles. The van der Waals surface area contributed by atoms with E-state index in [9.17, 15) is 18.0 Å². The molecule has 1 heterocycles. The van der Waals surface area contributed by atoms with E-state index in [1.54, 1.807) is 5.48 Å². The standard InChI is InChI=1S/C11H12ClF3N2O2/c1-2-3-8-4-7(5-9(12)16-8)10(18)17-19-6-11(13,14)15/h4-5H,2-3,6H2,1H3,(H,17,18). The highest BCUT2D eigenvalue weighted by atomic mass is 35.5. The van der Waals surface area contributed by atoms with Gasteiger partial charge in [-0.15, -0.1) is 0 Å². The summed E-state index contributed by atoms with van der Waals surface area (Å²) in [5.41, 5.74) is 2.40. The zero-order chi connectivity index (χ0) is 14.5. The lowest BCUT2D eigenvalue weighted by atomic mass is 10.1. The molecule has 106 valence electrons. The second kappa shape index (κ2) is 6.72. The van der Waals surface area contributed by atoms with Gasteiger partial charge in [0.1, 0.15) is 5.15 Å². The van der Waals surface area contributed by atoms with Gasteiger partial charge in [-0.2, -0.15) is 13.2 Å². The van der Waals surface area contributed by atoms with E-state index in [-0.39, 0.29) is 10.7 Å². The molecule has 1 rings (SSSR count). The summed E-state index contributed by atoms with van der Waals surface area (Å²) < 4.78 is 35.5. The van der Waals surface area contributed by atoms with E-state index in [0.29, 0.717) is 12.1 Å². The molecule has 0 unspecified atom stereocenters. The molecule has 0 fully saturated rings. The fourth-order valence-corrected chi connectivity index (χ4v) is 1.54. The van der Waals surface area contributed by atoms with Crippen LogP contribution in [0.4, 0.5) is 13.2 Å². The molecule has 0 atom stereocenters. The van der Waals surface area contributed by atoms with Crippen LogP contribution >= 0.6 is 11.6 Å². The number of pyridine rings is 1. The smallest absolute Gasteiger partial charge is 0.267 e. The van der Waals surface area contributed by atoms with E-state index in [4.69, 9.17) is 11.6 Å². The number of hydroxylamine groups is 1. The summed E-state index contributed by atoms with van der Waals surface area (Å²) >= 11 is 5.72. The van der Waals surface area contributed by atoms with Crippen molar-refractivity contribution in [2.45, 2.75) is 25.9 Å².